The SMILES string of the molecule is COc1cc(-c2cc(C(=O)O)[nH]n2)ccc1OC1CCSCC1. The fourth-order valence-electron chi connectivity index (χ4n) is 2.48. The minimum atomic E-state index is -1.04. The Hall–Kier alpha value is -2.15. The van der Waals surface area contributed by atoms with Crippen molar-refractivity contribution in [3.05, 3.63) is 30.0 Å². The van der Waals surface area contributed by atoms with Crippen LogP contribution in [0.15, 0.2) is 24.3 Å². The van der Waals surface area contributed by atoms with Crippen LogP contribution in [0.5, 0.6) is 11.5 Å². The molecule has 0 radical (unpaired) electrons. The van der Waals surface area contributed by atoms with Gasteiger partial charge in [-0.1, -0.05) is 0 Å². The predicted molar refractivity (Wildman–Crippen MR) is 88.5 cm³/mol. The first-order chi connectivity index (χ1) is 11.2. The highest BCUT2D eigenvalue weighted by Gasteiger charge is 2.18. The summed E-state index contributed by atoms with van der Waals surface area (Å²) in [6.45, 7) is 0. The molecular formula is C16H18N2O4S. The van der Waals surface area contributed by atoms with Gasteiger partial charge in [-0.2, -0.15) is 16.9 Å². The van der Waals surface area contributed by atoms with Gasteiger partial charge in [-0.3, -0.25) is 5.10 Å². The van der Waals surface area contributed by atoms with Crippen LogP contribution in [0, 0.1) is 0 Å². The maximum atomic E-state index is 10.9. The average Bonchev–Trinajstić information content (AvgIpc) is 3.06. The van der Waals surface area contributed by atoms with Gasteiger partial charge in [0.15, 0.2) is 11.5 Å². The van der Waals surface area contributed by atoms with E-state index in [9.17, 15) is 4.79 Å². The molecular weight excluding hydrogens is 316 g/mol. The molecule has 3 rings (SSSR count). The van der Waals surface area contributed by atoms with E-state index in [0.29, 0.717) is 17.2 Å². The van der Waals surface area contributed by atoms with Crippen LogP contribution in [-0.2, 0) is 0 Å². The molecule has 1 aliphatic rings. The third kappa shape index (κ3) is 3.61. The first-order valence-corrected chi connectivity index (χ1v) is 8.54. The minimum absolute atomic E-state index is 0.0546. The van der Waals surface area contributed by atoms with E-state index in [4.69, 9.17) is 14.6 Å². The first-order valence-electron chi connectivity index (χ1n) is 7.39. The van der Waals surface area contributed by atoms with Crippen molar-refractivity contribution in [3.63, 3.8) is 0 Å². The molecule has 122 valence electrons. The van der Waals surface area contributed by atoms with Gasteiger partial charge in [-0.05, 0) is 48.6 Å². The van der Waals surface area contributed by atoms with Crippen molar-refractivity contribution < 1.29 is 19.4 Å². The Bertz CT molecular complexity index is 695. The third-order valence-electron chi connectivity index (χ3n) is 3.73. The summed E-state index contributed by atoms with van der Waals surface area (Å²) in [5.74, 6) is 2.54. The Kier molecular flexibility index (Phi) is 4.76. The number of H-pyrrole nitrogens is 1. The van der Waals surface area contributed by atoms with Gasteiger partial charge in [0.1, 0.15) is 11.8 Å². The summed E-state index contributed by atoms with van der Waals surface area (Å²) in [6.07, 6.45) is 2.30. The lowest BCUT2D eigenvalue weighted by Gasteiger charge is -2.23. The molecule has 0 bridgehead atoms. The lowest BCUT2D eigenvalue weighted by Crippen LogP contribution is -2.22. The number of carboxylic acids is 1. The summed E-state index contributed by atoms with van der Waals surface area (Å²) >= 11 is 1.95. The standard InChI is InChI=1S/C16H18N2O4S/c1-21-15-8-10(12-9-13(16(19)20)18-17-12)2-3-14(15)22-11-4-6-23-7-5-11/h2-3,8-9,11H,4-7H2,1H3,(H,17,18)(H,19,20). The number of nitrogens with zero attached hydrogens (tertiary/aromatic N) is 1. The number of aromatic carboxylic acids is 1. The molecule has 2 N–H and O–H groups in total. The molecule has 1 saturated heterocycles. The first kappa shape index (κ1) is 15.7. The second kappa shape index (κ2) is 6.95. The predicted octanol–water partition coefficient (Wildman–Crippen LogP) is 3.06. The van der Waals surface area contributed by atoms with Crippen molar-refractivity contribution in [1.82, 2.24) is 10.2 Å². The lowest BCUT2D eigenvalue weighted by atomic mass is 10.1. The monoisotopic (exact) mass is 334 g/mol. The second-order valence-electron chi connectivity index (χ2n) is 5.27. The van der Waals surface area contributed by atoms with E-state index in [0.717, 1.165) is 29.9 Å². The number of hydrogen-bond donors (Lipinski definition) is 2. The maximum absolute atomic E-state index is 10.9. The Labute approximate surface area is 138 Å². The zero-order valence-corrected chi connectivity index (χ0v) is 13.6. The molecule has 23 heavy (non-hydrogen) atoms. The second-order valence-corrected chi connectivity index (χ2v) is 6.49. The number of benzene rings is 1. The number of methoxy groups -OCH3 is 1. The van der Waals surface area contributed by atoms with Crippen LogP contribution < -0.4 is 9.47 Å². The molecule has 1 aromatic carbocycles. The topological polar surface area (TPSA) is 84.4 Å². The fraction of sp³-hybridized carbons (Fsp3) is 0.375. The number of hydrogen-bond acceptors (Lipinski definition) is 5. The zero-order valence-electron chi connectivity index (χ0n) is 12.7. The highest BCUT2D eigenvalue weighted by molar-refractivity contribution is 7.99. The number of carboxylic acid groups (broad SMARTS) is 1. The van der Waals surface area contributed by atoms with E-state index in [-0.39, 0.29) is 11.8 Å². The van der Waals surface area contributed by atoms with E-state index >= 15 is 0 Å². The number of thioether (sulfide) groups is 1. The molecule has 6 nitrogen and oxygen atoms in total. The molecule has 0 atom stereocenters. The molecule has 0 spiro atoms. The van der Waals surface area contributed by atoms with Gasteiger partial charge in [-0.15, -0.1) is 0 Å². The molecule has 7 heteroatoms. The van der Waals surface area contributed by atoms with E-state index in [2.05, 4.69) is 10.2 Å². The summed E-state index contributed by atoms with van der Waals surface area (Å²) in [7, 11) is 1.59. The molecule has 0 saturated carbocycles. The summed E-state index contributed by atoms with van der Waals surface area (Å²) < 4.78 is 11.5. The van der Waals surface area contributed by atoms with Gasteiger partial charge in [0.05, 0.1) is 12.8 Å². The number of nitrogens with one attached hydrogen (secondary N) is 1. The van der Waals surface area contributed by atoms with Crippen LogP contribution in [0.4, 0.5) is 0 Å². The van der Waals surface area contributed by atoms with E-state index in [1.165, 1.54) is 6.07 Å². The van der Waals surface area contributed by atoms with Crippen molar-refractivity contribution in [2.24, 2.45) is 0 Å². The molecule has 0 amide bonds. The van der Waals surface area contributed by atoms with Crippen molar-refractivity contribution in [1.29, 1.82) is 0 Å². The summed E-state index contributed by atoms with van der Waals surface area (Å²) in [6, 6.07) is 7.02. The van der Waals surface area contributed by atoms with Crippen LogP contribution >= 0.6 is 11.8 Å². The Morgan fingerprint density at radius 2 is 2.09 bits per heavy atom. The molecule has 2 heterocycles. The highest BCUT2D eigenvalue weighted by atomic mass is 32.2. The van der Waals surface area contributed by atoms with Crippen molar-refractivity contribution in [2.75, 3.05) is 18.6 Å². The largest absolute Gasteiger partial charge is 0.493 e. The minimum Gasteiger partial charge on any atom is -0.493 e. The Morgan fingerprint density at radius 1 is 1.30 bits per heavy atom. The van der Waals surface area contributed by atoms with E-state index in [1.807, 2.05) is 30.0 Å². The summed E-state index contributed by atoms with van der Waals surface area (Å²) in [4.78, 5) is 10.9. The van der Waals surface area contributed by atoms with E-state index in [1.54, 1.807) is 7.11 Å². The highest BCUT2D eigenvalue weighted by Crippen LogP contribution is 2.34. The molecule has 1 aliphatic heterocycles. The number of ether oxygens (including phenoxy) is 2. The maximum Gasteiger partial charge on any atom is 0.353 e. The smallest absolute Gasteiger partial charge is 0.353 e. The van der Waals surface area contributed by atoms with Crippen LogP contribution in [0.25, 0.3) is 11.3 Å². The van der Waals surface area contributed by atoms with Gasteiger partial charge >= 0.3 is 5.97 Å². The van der Waals surface area contributed by atoms with Gasteiger partial charge in [0.2, 0.25) is 0 Å². The number of aromatic amines is 1. The van der Waals surface area contributed by atoms with Crippen LogP contribution in [-0.4, -0.2) is 46.0 Å². The fourth-order valence-corrected chi connectivity index (χ4v) is 3.54. The third-order valence-corrected chi connectivity index (χ3v) is 4.78. The molecule has 1 aromatic heterocycles. The number of rotatable bonds is 5. The van der Waals surface area contributed by atoms with Gasteiger partial charge in [0, 0.05) is 5.56 Å². The normalized spacial score (nSPS) is 15.3. The number of aromatic nitrogens is 2. The van der Waals surface area contributed by atoms with Crippen molar-refractivity contribution >= 4 is 17.7 Å². The van der Waals surface area contributed by atoms with Gasteiger partial charge in [-0.25, -0.2) is 4.79 Å². The molecule has 1 fully saturated rings. The van der Waals surface area contributed by atoms with Crippen molar-refractivity contribution in [3.8, 4) is 22.8 Å². The van der Waals surface area contributed by atoms with Crippen LogP contribution in [0.2, 0.25) is 0 Å². The Balaban J connectivity index is 1.82. The molecule has 0 aliphatic carbocycles. The van der Waals surface area contributed by atoms with Gasteiger partial charge < -0.3 is 14.6 Å². The quantitative estimate of drug-likeness (QED) is 0.874. The summed E-state index contributed by atoms with van der Waals surface area (Å²) in [5.41, 5.74) is 1.39. The van der Waals surface area contributed by atoms with Crippen LogP contribution in [0.1, 0.15) is 23.3 Å². The summed E-state index contributed by atoms with van der Waals surface area (Å²) in [5, 5.41) is 15.5. The van der Waals surface area contributed by atoms with E-state index < -0.39 is 5.97 Å². The lowest BCUT2D eigenvalue weighted by molar-refractivity contribution is 0.0690. The van der Waals surface area contributed by atoms with Crippen LogP contribution in [0.3, 0.4) is 0 Å². The number of carbonyl (C=O) groups is 1. The van der Waals surface area contributed by atoms with Gasteiger partial charge in [0.25, 0.3) is 0 Å². The molecule has 2 aromatic rings. The molecule has 0 unspecified atom stereocenters. The Morgan fingerprint density at radius 3 is 2.74 bits per heavy atom. The zero-order chi connectivity index (χ0) is 16.2. The van der Waals surface area contributed by atoms with Crippen molar-refractivity contribution in [2.45, 2.75) is 18.9 Å². The average molecular weight is 334 g/mol.